The summed E-state index contributed by atoms with van der Waals surface area (Å²) in [6.07, 6.45) is 17.6. The van der Waals surface area contributed by atoms with Crippen molar-refractivity contribution in [3.8, 4) is 0 Å². The SMILES string of the molecule is CCC(C)(C)C(=O)O.CCC(C)(C)C(=O)O.CCC(C)(C)C(=O)O.CCC(C)(C)C(=O)O.CCC(C)(C)C(=O)O.CCC(C)(C)C(=O)OC.CCC(C)(C)C(=O)OCc1ccccc1.CCC(C)C(=O)OC1CC2CC1C1C2CC2OC21.CCC(C)c1ccccc1.CCCCC(CC)COC(=O)C(C)(C)CC. The van der Waals surface area contributed by atoms with Crippen molar-refractivity contribution in [1.29, 1.82) is 0 Å². The Labute approximate surface area is 655 Å². The third-order valence-corrected chi connectivity index (χ3v) is 23.0. The molecule has 2 bridgehead atoms. The van der Waals surface area contributed by atoms with E-state index in [2.05, 4.69) is 62.8 Å². The van der Waals surface area contributed by atoms with Crippen LogP contribution in [0.5, 0.6) is 0 Å². The van der Waals surface area contributed by atoms with Gasteiger partial charge in [-0.2, -0.15) is 0 Å². The summed E-state index contributed by atoms with van der Waals surface area (Å²) in [6, 6.07) is 20.4. The highest BCUT2D eigenvalue weighted by atomic mass is 16.6. The average molecular weight is 1530 g/mol. The van der Waals surface area contributed by atoms with E-state index in [1.54, 1.807) is 69.2 Å². The van der Waals surface area contributed by atoms with Gasteiger partial charge in [0.2, 0.25) is 0 Å². The molecule has 1 aliphatic heterocycles. The Kier molecular flexibility index (Phi) is 52.0. The zero-order chi connectivity index (χ0) is 85.2. The van der Waals surface area contributed by atoms with Crippen LogP contribution in [-0.2, 0) is 73.4 Å². The summed E-state index contributed by atoms with van der Waals surface area (Å²) in [4.78, 5) is 97.5. The molecule has 10 unspecified atom stereocenters. The Morgan fingerprint density at radius 2 is 0.806 bits per heavy atom. The molecule has 2 aromatic carbocycles. The number of ether oxygens (including phenoxy) is 5. The summed E-state index contributed by atoms with van der Waals surface area (Å²) in [5.41, 5.74) is -1.25. The molecular formula is C89H156O19. The van der Waals surface area contributed by atoms with Gasteiger partial charge in [0.1, 0.15) is 12.7 Å². The number of carbonyl (C=O) groups is 9. The van der Waals surface area contributed by atoms with E-state index >= 15 is 0 Å². The van der Waals surface area contributed by atoms with E-state index in [9.17, 15) is 43.2 Å². The van der Waals surface area contributed by atoms with Crippen molar-refractivity contribution in [3.63, 3.8) is 0 Å². The zero-order valence-corrected chi connectivity index (χ0v) is 73.4. The fourth-order valence-corrected chi connectivity index (χ4v) is 9.50. The minimum atomic E-state index is -0.722. The highest BCUT2D eigenvalue weighted by molar-refractivity contribution is 5.77. The monoisotopic (exact) mass is 1530 g/mol. The lowest BCUT2D eigenvalue weighted by Gasteiger charge is -2.32. The van der Waals surface area contributed by atoms with E-state index in [1.807, 2.05) is 141 Å². The van der Waals surface area contributed by atoms with Crippen LogP contribution < -0.4 is 0 Å². The number of benzene rings is 2. The van der Waals surface area contributed by atoms with Crippen LogP contribution in [0, 0.1) is 78.8 Å². The molecule has 0 radical (unpaired) electrons. The van der Waals surface area contributed by atoms with E-state index in [0.717, 1.165) is 55.9 Å². The van der Waals surface area contributed by atoms with Gasteiger partial charge in [0.25, 0.3) is 0 Å². The molecule has 0 amide bonds. The molecule has 3 aliphatic carbocycles. The van der Waals surface area contributed by atoms with E-state index in [1.165, 1.54) is 51.2 Å². The quantitative estimate of drug-likeness (QED) is 0.0287. The molecular weight excluding hydrogens is 1370 g/mol. The largest absolute Gasteiger partial charge is 0.481 e. The molecule has 0 aromatic heterocycles. The van der Waals surface area contributed by atoms with Gasteiger partial charge in [-0.1, -0.05) is 177 Å². The smallest absolute Gasteiger partial charge is 0.311 e. The Balaban J connectivity index is -0.000000567. The van der Waals surface area contributed by atoms with E-state index in [-0.39, 0.29) is 52.1 Å². The van der Waals surface area contributed by atoms with Gasteiger partial charge in [-0.3, -0.25) is 43.2 Å². The van der Waals surface area contributed by atoms with Gasteiger partial charge >= 0.3 is 53.7 Å². The van der Waals surface area contributed by atoms with Crippen molar-refractivity contribution >= 4 is 53.7 Å². The number of esters is 4. The minimum Gasteiger partial charge on any atom is -0.481 e. The Morgan fingerprint density at radius 3 is 1.11 bits per heavy atom. The van der Waals surface area contributed by atoms with E-state index < -0.39 is 56.9 Å². The molecule has 0 spiro atoms. The Hall–Kier alpha value is -6.37. The van der Waals surface area contributed by atoms with Crippen LogP contribution in [0.4, 0.5) is 0 Å². The molecule has 2 aromatic rings. The number of carboxylic acids is 5. The fraction of sp³-hybridized carbons (Fsp3) is 0.764. The average Bonchev–Trinajstić information content (AvgIpc) is 1.54. The molecule has 1 heterocycles. The number of carbonyl (C=O) groups excluding carboxylic acids is 4. The summed E-state index contributed by atoms with van der Waals surface area (Å²) in [5.74, 6) is 0.394. The predicted molar refractivity (Wildman–Crippen MR) is 434 cm³/mol. The molecule has 3 saturated carbocycles. The molecule has 626 valence electrons. The number of unbranched alkanes of at least 4 members (excludes halogenated alkanes) is 1. The molecule has 10 atom stereocenters. The van der Waals surface area contributed by atoms with Crippen molar-refractivity contribution in [2.75, 3.05) is 13.7 Å². The van der Waals surface area contributed by atoms with Gasteiger partial charge in [0.05, 0.1) is 75.2 Å². The second kappa shape index (κ2) is 52.0. The van der Waals surface area contributed by atoms with Gasteiger partial charge in [-0.15, -0.1) is 0 Å². The number of methoxy groups -OCH3 is 1. The second-order valence-corrected chi connectivity index (χ2v) is 34.5. The third-order valence-electron chi connectivity index (χ3n) is 23.0. The van der Waals surface area contributed by atoms with Gasteiger partial charge in [-0.05, 0) is 241 Å². The van der Waals surface area contributed by atoms with Crippen LogP contribution >= 0.6 is 0 Å². The molecule has 1 saturated heterocycles. The van der Waals surface area contributed by atoms with Crippen molar-refractivity contribution < 1.29 is 92.4 Å². The third kappa shape index (κ3) is 41.1. The number of carboxylic acid groups (broad SMARTS) is 5. The summed E-state index contributed by atoms with van der Waals surface area (Å²) in [5, 5.41) is 42.2. The lowest BCUT2D eigenvalue weighted by molar-refractivity contribution is -0.158. The first kappa shape index (κ1) is 108. The molecule has 4 fully saturated rings. The number of hydrogen-bond acceptors (Lipinski definition) is 14. The van der Waals surface area contributed by atoms with Crippen LogP contribution in [-0.4, -0.2) is 111 Å². The van der Waals surface area contributed by atoms with Gasteiger partial charge < -0.3 is 49.2 Å². The van der Waals surface area contributed by atoms with Crippen LogP contribution in [0.1, 0.15) is 334 Å². The van der Waals surface area contributed by atoms with Crippen molar-refractivity contribution in [2.45, 2.75) is 348 Å². The van der Waals surface area contributed by atoms with Gasteiger partial charge in [0, 0.05) is 5.92 Å². The zero-order valence-electron chi connectivity index (χ0n) is 73.4. The first-order valence-corrected chi connectivity index (χ1v) is 40.2. The molecule has 19 nitrogen and oxygen atoms in total. The minimum absolute atomic E-state index is 0.0119. The van der Waals surface area contributed by atoms with Crippen molar-refractivity contribution in [3.05, 3.63) is 71.8 Å². The molecule has 5 N–H and O–H groups in total. The van der Waals surface area contributed by atoms with Crippen LogP contribution in [0.2, 0.25) is 0 Å². The predicted octanol–water partition coefficient (Wildman–Crippen LogP) is 22.1. The van der Waals surface area contributed by atoms with E-state index in [4.69, 9.17) is 44.5 Å². The van der Waals surface area contributed by atoms with Crippen LogP contribution in [0.3, 0.4) is 0 Å². The number of fused-ring (bicyclic) bond motifs is 7. The van der Waals surface area contributed by atoms with Crippen molar-refractivity contribution in [1.82, 2.24) is 0 Å². The Morgan fingerprint density at radius 1 is 0.444 bits per heavy atom. The second-order valence-electron chi connectivity index (χ2n) is 34.5. The molecule has 108 heavy (non-hydrogen) atoms. The molecule has 4 aliphatic rings. The maximum Gasteiger partial charge on any atom is 0.311 e. The normalized spacial score (nSPS) is 18.7. The number of aliphatic carboxylic acids is 5. The lowest BCUT2D eigenvalue weighted by Crippen LogP contribution is -2.35. The fourth-order valence-electron chi connectivity index (χ4n) is 9.50. The highest BCUT2D eigenvalue weighted by Crippen LogP contribution is 2.64. The molecule has 19 heteroatoms. The Bertz CT molecular complexity index is 2740. The highest BCUT2D eigenvalue weighted by Gasteiger charge is 2.67. The maximum absolute atomic E-state index is 11.9. The first-order chi connectivity index (χ1) is 49.6. The number of rotatable bonds is 29. The first-order valence-electron chi connectivity index (χ1n) is 40.2. The van der Waals surface area contributed by atoms with Crippen molar-refractivity contribution in [2.24, 2.45) is 78.8 Å². The number of epoxide rings is 1. The molecule has 6 rings (SSSR count). The number of hydrogen-bond donors (Lipinski definition) is 5. The maximum atomic E-state index is 11.9. The summed E-state index contributed by atoms with van der Waals surface area (Å²) in [6.45, 7) is 57.8. The van der Waals surface area contributed by atoms with Gasteiger partial charge in [0.15, 0.2) is 0 Å². The summed E-state index contributed by atoms with van der Waals surface area (Å²) in [7, 11) is 1.42. The van der Waals surface area contributed by atoms with Crippen LogP contribution in [0.15, 0.2) is 60.7 Å². The van der Waals surface area contributed by atoms with Crippen LogP contribution in [0.25, 0.3) is 0 Å². The van der Waals surface area contributed by atoms with E-state index in [0.29, 0.717) is 81.2 Å². The lowest BCUT2D eigenvalue weighted by atomic mass is 9.79. The topological polar surface area (TPSA) is 304 Å². The van der Waals surface area contributed by atoms with Gasteiger partial charge in [-0.25, -0.2) is 0 Å². The summed E-state index contributed by atoms with van der Waals surface area (Å²) >= 11 is 0. The standard InChI is InChI=1S/C15H22O3.C14H28O2.C13H18O2.C10H14.C7H14O2.5C6H12O2/c1-3-7(2)15(16)18-11-5-8-4-10(11)13-9(8)6-12-14(13)17-12;1-6-9-10-12(7-2)11-16-13(15)14(4,5)8-3;1-4-13(2,3)12(14)15-10-11-8-6-5-7-9-11;1-3-9(2)10-7-5-4-6-8-10;1-5-7(2,3)6(8)9-4;5*1-4-6(2,3)5(7)8/h7-14H,3-6H2,1-2H3;12H,6-11H2,1-5H3;5-9H,4,10H2,1-3H3;4-9H,3H2,1-2H3;5H2,1-4H3;5*4H2,1-3H3,(H,7,8). The summed E-state index contributed by atoms with van der Waals surface area (Å²) < 4.78 is 26.7.